The minimum absolute atomic E-state index is 0.109. The Labute approximate surface area is 235 Å². The molecule has 0 spiro atoms. The van der Waals surface area contributed by atoms with Crippen LogP contribution in [0.4, 0.5) is 0 Å². The van der Waals surface area contributed by atoms with Gasteiger partial charge in [-0.05, 0) is 52.9 Å². The van der Waals surface area contributed by atoms with Gasteiger partial charge in [-0.25, -0.2) is 0 Å². The van der Waals surface area contributed by atoms with Gasteiger partial charge in [0.15, 0.2) is 0 Å². The first-order valence-electron chi connectivity index (χ1n) is 13.0. The zero-order valence-electron chi connectivity index (χ0n) is 22.1. The average molecular weight is 541 g/mol. The number of methoxy groups -OCH3 is 1. The molecule has 0 saturated carbocycles. The number of ether oxygens (including phenoxy) is 1. The van der Waals surface area contributed by atoms with E-state index < -0.39 is 6.04 Å². The van der Waals surface area contributed by atoms with Crippen LogP contribution in [0.5, 0.6) is 5.75 Å². The third-order valence-electron chi connectivity index (χ3n) is 6.61. The third-order valence-corrected chi connectivity index (χ3v) is 6.86. The Bertz CT molecular complexity index is 1330. The Morgan fingerprint density at radius 1 is 0.769 bits per heavy atom. The summed E-state index contributed by atoms with van der Waals surface area (Å²) in [6.07, 6.45) is 1.28. The van der Waals surface area contributed by atoms with E-state index in [1.54, 1.807) is 24.1 Å². The number of hydrogen-bond acceptors (Lipinski definition) is 3. The highest BCUT2D eigenvalue weighted by molar-refractivity contribution is 6.30. The molecule has 0 aliphatic carbocycles. The van der Waals surface area contributed by atoms with Gasteiger partial charge in [-0.2, -0.15) is 0 Å². The molecule has 4 aromatic carbocycles. The molecule has 0 fully saturated rings. The number of hydrogen-bond donors (Lipinski definition) is 1. The first-order chi connectivity index (χ1) is 19.0. The first kappa shape index (κ1) is 27.9. The molecule has 0 bridgehead atoms. The zero-order chi connectivity index (χ0) is 27.5. The van der Waals surface area contributed by atoms with Crippen molar-refractivity contribution < 1.29 is 14.3 Å². The van der Waals surface area contributed by atoms with Crippen LogP contribution in [0.3, 0.4) is 0 Å². The van der Waals surface area contributed by atoms with Crippen molar-refractivity contribution in [3.05, 3.63) is 136 Å². The van der Waals surface area contributed by atoms with Crippen molar-refractivity contribution in [3.8, 4) is 5.75 Å². The number of benzene rings is 4. The predicted octanol–water partition coefficient (Wildman–Crippen LogP) is 5.89. The molecule has 6 heteroatoms. The van der Waals surface area contributed by atoms with Gasteiger partial charge in [-0.3, -0.25) is 9.59 Å². The van der Waals surface area contributed by atoms with E-state index in [4.69, 9.17) is 16.3 Å². The van der Waals surface area contributed by atoms with E-state index in [9.17, 15) is 9.59 Å². The fraction of sp³-hybridized carbons (Fsp3) is 0.212. The molecule has 4 aromatic rings. The maximum Gasteiger partial charge on any atom is 0.243 e. The van der Waals surface area contributed by atoms with Gasteiger partial charge in [0, 0.05) is 24.5 Å². The molecule has 5 nitrogen and oxygen atoms in total. The standard InChI is InChI=1S/C33H33ClN2O3/c1-39-30-18-14-25(15-19-30)20-21-35-33(38)31(22-26-8-4-2-5-9-26)36(24-28-12-16-29(34)17-13-28)32(37)23-27-10-6-3-7-11-27/h2-19,31H,20-24H2,1H3,(H,35,38). The Morgan fingerprint density at radius 2 is 1.36 bits per heavy atom. The first-order valence-corrected chi connectivity index (χ1v) is 13.4. The Hall–Kier alpha value is -4.09. The topological polar surface area (TPSA) is 58.6 Å². The molecule has 39 heavy (non-hydrogen) atoms. The number of halogens is 1. The molecule has 0 aromatic heterocycles. The summed E-state index contributed by atoms with van der Waals surface area (Å²) in [5, 5.41) is 3.71. The summed E-state index contributed by atoms with van der Waals surface area (Å²) in [6.45, 7) is 0.754. The largest absolute Gasteiger partial charge is 0.497 e. The van der Waals surface area contributed by atoms with Crippen molar-refractivity contribution in [2.75, 3.05) is 13.7 Å². The second-order valence-electron chi connectivity index (χ2n) is 9.41. The second-order valence-corrected chi connectivity index (χ2v) is 9.84. The number of carbonyl (C=O) groups is 2. The van der Waals surface area contributed by atoms with Crippen LogP contribution in [0.1, 0.15) is 22.3 Å². The Morgan fingerprint density at radius 3 is 1.97 bits per heavy atom. The lowest BCUT2D eigenvalue weighted by atomic mass is 10.0. The maximum atomic E-state index is 13.8. The Kier molecular flexibility index (Phi) is 10.1. The monoisotopic (exact) mass is 540 g/mol. The van der Waals surface area contributed by atoms with E-state index in [-0.39, 0.29) is 18.2 Å². The Balaban J connectivity index is 1.57. The molecule has 200 valence electrons. The molecule has 1 atom stereocenters. The van der Waals surface area contributed by atoms with E-state index >= 15 is 0 Å². The minimum Gasteiger partial charge on any atom is -0.497 e. The zero-order valence-corrected chi connectivity index (χ0v) is 22.8. The predicted molar refractivity (Wildman–Crippen MR) is 156 cm³/mol. The highest BCUT2D eigenvalue weighted by atomic mass is 35.5. The van der Waals surface area contributed by atoms with Gasteiger partial charge in [-0.15, -0.1) is 0 Å². The fourth-order valence-electron chi connectivity index (χ4n) is 4.45. The van der Waals surface area contributed by atoms with Gasteiger partial charge in [-0.1, -0.05) is 96.5 Å². The number of amides is 2. The normalized spacial score (nSPS) is 11.4. The molecule has 1 N–H and O–H groups in total. The SMILES string of the molecule is COc1ccc(CCNC(=O)C(Cc2ccccc2)N(Cc2ccc(Cl)cc2)C(=O)Cc2ccccc2)cc1. The molecule has 2 amide bonds. The highest BCUT2D eigenvalue weighted by Crippen LogP contribution is 2.18. The summed E-state index contributed by atoms with van der Waals surface area (Å²) in [7, 11) is 1.64. The van der Waals surface area contributed by atoms with Crippen molar-refractivity contribution in [1.82, 2.24) is 10.2 Å². The van der Waals surface area contributed by atoms with Gasteiger partial charge in [0.05, 0.1) is 13.5 Å². The highest BCUT2D eigenvalue weighted by Gasteiger charge is 2.30. The van der Waals surface area contributed by atoms with E-state index in [0.29, 0.717) is 31.0 Å². The lowest BCUT2D eigenvalue weighted by Crippen LogP contribution is -2.51. The lowest BCUT2D eigenvalue weighted by molar-refractivity contribution is -0.140. The summed E-state index contributed by atoms with van der Waals surface area (Å²) in [5.74, 6) is 0.505. The van der Waals surface area contributed by atoms with Crippen molar-refractivity contribution >= 4 is 23.4 Å². The number of rotatable bonds is 12. The van der Waals surface area contributed by atoms with Crippen molar-refractivity contribution in [3.63, 3.8) is 0 Å². The molecule has 4 rings (SSSR count). The van der Waals surface area contributed by atoms with Crippen molar-refractivity contribution in [2.45, 2.75) is 31.8 Å². The van der Waals surface area contributed by atoms with Crippen LogP contribution < -0.4 is 10.1 Å². The number of nitrogens with one attached hydrogen (secondary N) is 1. The molecular weight excluding hydrogens is 508 g/mol. The number of nitrogens with zero attached hydrogens (tertiary/aromatic N) is 1. The van der Waals surface area contributed by atoms with Gasteiger partial charge in [0.25, 0.3) is 0 Å². The van der Waals surface area contributed by atoms with E-state index in [2.05, 4.69) is 5.32 Å². The molecule has 1 unspecified atom stereocenters. The van der Waals surface area contributed by atoms with Gasteiger partial charge >= 0.3 is 0 Å². The summed E-state index contributed by atoms with van der Waals surface area (Å²) >= 11 is 6.11. The second kappa shape index (κ2) is 14.2. The van der Waals surface area contributed by atoms with Crippen LogP contribution in [0.2, 0.25) is 5.02 Å². The van der Waals surface area contributed by atoms with E-state index in [0.717, 1.165) is 28.0 Å². The van der Waals surface area contributed by atoms with Gasteiger partial charge < -0.3 is 15.0 Å². The van der Waals surface area contributed by atoms with Gasteiger partial charge in [0.1, 0.15) is 11.8 Å². The fourth-order valence-corrected chi connectivity index (χ4v) is 4.58. The minimum atomic E-state index is -0.685. The molecule has 0 aliphatic rings. The van der Waals surface area contributed by atoms with Crippen molar-refractivity contribution in [1.29, 1.82) is 0 Å². The molecular formula is C33H33ClN2O3. The summed E-state index contributed by atoms with van der Waals surface area (Å²) in [6, 6.07) is 33.9. The van der Waals surface area contributed by atoms with Crippen LogP contribution in [0, 0.1) is 0 Å². The van der Waals surface area contributed by atoms with Crippen LogP contribution in [0.25, 0.3) is 0 Å². The molecule has 0 radical (unpaired) electrons. The maximum absolute atomic E-state index is 13.8. The molecule has 0 saturated heterocycles. The third kappa shape index (κ3) is 8.45. The van der Waals surface area contributed by atoms with Crippen molar-refractivity contribution in [2.24, 2.45) is 0 Å². The van der Waals surface area contributed by atoms with Crippen LogP contribution >= 0.6 is 11.6 Å². The van der Waals surface area contributed by atoms with E-state index in [1.165, 1.54) is 0 Å². The average Bonchev–Trinajstić information content (AvgIpc) is 2.97. The number of carbonyl (C=O) groups excluding carboxylic acids is 2. The summed E-state index contributed by atoms with van der Waals surface area (Å²) in [4.78, 5) is 29.2. The summed E-state index contributed by atoms with van der Waals surface area (Å²) in [5.41, 5.74) is 3.89. The summed E-state index contributed by atoms with van der Waals surface area (Å²) < 4.78 is 5.23. The lowest BCUT2D eigenvalue weighted by Gasteiger charge is -2.32. The van der Waals surface area contributed by atoms with Crippen LogP contribution in [-0.4, -0.2) is 36.4 Å². The van der Waals surface area contributed by atoms with E-state index in [1.807, 2.05) is 97.1 Å². The van der Waals surface area contributed by atoms with Crippen LogP contribution in [0.15, 0.2) is 109 Å². The smallest absolute Gasteiger partial charge is 0.243 e. The quantitative estimate of drug-likeness (QED) is 0.244. The van der Waals surface area contributed by atoms with Gasteiger partial charge in [0.2, 0.25) is 11.8 Å². The molecule has 0 aliphatic heterocycles. The van der Waals surface area contributed by atoms with Crippen LogP contribution in [-0.2, 0) is 35.4 Å². The molecule has 0 heterocycles.